The highest BCUT2D eigenvalue weighted by atomic mass is 35.5. The summed E-state index contributed by atoms with van der Waals surface area (Å²) in [5.74, 6) is 0. The summed E-state index contributed by atoms with van der Waals surface area (Å²) in [6.07, 6.45) is 1.62. The van der Waals surface area contributed by atoms with E-state index in [-0.39, 0.29) is 5.69 Å². The Labute approximate surface area is 153 Å². The van der Waals surface area contributed by atoms with Gasteiger partial charge in [0.25, 0.3) is 5.69 Å². The minimum atomic E-state index is -0.480. The van der Waals surface area contributed by atoms with Crippen LogP contribution >= 0.6 is 11.6 Å². The first-order chi connectivity index (χ1) is 12.0. The van der Waals surface area contributed by atoms with Crippen molar-refractivity contribution in [1.29, 1.82) is 0 Å². The fourth-order valence-electron chi connectivity index (χ4n) is 2.85. The van der Waals surface area contributed by atoms with Crippen LogP contribution in [-0.4, -0.2) is 67.0 Å². The van der Waals surface area contributed by atoms with Crippen molar-refractivity contribution < 1.29 is 14.8 Å². The molecule has 1 heterocycles. The van der Waals surface area contributed by atoms with Gasteiger partial charge in [0, 0.05) is 51.5 Å². The Balaban J connectivity index is 1.78. The second-order valence-electron chi connectivity index (χ2n) is 6.26. The van der Waals surface area contributed by atoms with Crippen molar-refractivity contribution in [2.75, 3.05) is 50.8 Å². The molecule has 0 aliphatic carbocycles. The monoisotopic (exact) mass is 371 g/mol. The van der Waals surface area contributed by atoms with Crippen molar-refractivity contribution in [2.45, 2.75) is 25.9 Å². The molecule has 140 valence electrons. The Bertz CT molecular complexity index is 565. The highest BCUT2D eigenvalue weighted by Crippen LogP contribution is 2.30. The molecule has 0 aromatic heterocycles. The molecule has 8 heteroatoms. The van der Waals surface area contributed by atoms with Crippen LogP contribution in [0.5, 0.6) is 0 Å². The van der Waals surface area contributed by atoms with Crippen LogP contribution in [0.25, 0.3) is 0 Å². The average molecular weight is 372 g/mol. The standard InChI is InChI=1S/C17H26ClN3O4/c1-2-3-10-25-13-15(22)12-19-6-8-20(9-7-19)17-5-4-14(21(23)24)11-16(17)18/h4-5,11,15,22H,2-3,6-10,12-13H2,1H3/t15-/m1/s1. The van der Waals surface area contributed by atoms with Crippen LogP contribution in [0.2, 0.25) is 5.02 Å². The number of benzene rings is 1. The van der Waals surface area contributed by atoms with Crippen molar-refractivity contribution >= 4 is 23.0 Å². The third-order valence-corrected chi connectivity index (χ3v) is 4.58. The normalized spacial score (nSPS) is 16.8. The maximum absolute atomic E-state index is 10.8. The molecule has 1 aliphatic heterocycles. The lowest BCUT2D eigenvalue weighted by Crippen LogP contribution is -2.49. The number of unbranched alkanes of at least 4 members (excludes halogenated alkanes) is 1. The Kier molecular flexibility index (Phi) is 7.90. The number of non-ortho nitro benzene ring substituents is 1. The Morgan fingerprint density at radius 3 is 2.68 bits per heavy atom. The highest BCUT2D eigenvalue weighted by Gasteiger charge is 2.21. The number of β-amino-alcohol motifs (C(OH)–C–C–N with tert-alkyl or cyclic N) is 1. The van der Waals surface area contributed by atoms with Gasteiger partial charge in [-0.15, -0.1) is 0 Å². The second-order valence-corrected chi connectivity index (χ2v) is 6.67. The van der Waals surface area contributed by atoms with E-state index in [4.69, 9.17) is 16.3 Å². The Morgan fingerprint density at radius 1 is 1.36 bits per heavy atom. The van der Waals surface area contributed by atoms with Crippen molar-refractivity contribution in [3.8, 4) is 0 Å². The highest BCUT2D eigenvalue weighted by molar-refractivity contribution is 6.33. The van der Waals surface area contributed by atoms with Gasteiger partial charge in [-0.25, -0.2) is 0 Å². The van der Waals surface area contributed by atoms with Crippen LogP contribution in [-0.2, 0) is 4.74 Å². The minimum absolute atomic E-state index is 0.00131. The molecule has 0 amide bonds. The van der Waals surface area contributed by atoms with E-state index < -0.39 is 11.0 Å². The van der Waals surface area contributed by atoms with Crippen LogP contribution in [0.1, 0.15) is 19.8 Å². The van der Waals surface area contributed by atoms with Gasteiger partial charge in [-0.05, 0) is 12.5 Å². The molecule has 1 aliphatic rings. The average Bonchev–Trinajstić information content (AvgIpc) is 2.59. The third-order valence-electron chi connectivity index (χ3n) is 4.28. The van der Waals surface area contributed by atoms with Gasteiger partial charge >= 0.3 is 0 Å². The number of rotatable bonds is 9. The van der Waals surface area contributed by atoms with E-state index in [0.29, 0.717) is 24.8 Å². The molecule has 0 bridgehead atoms. The molecule has 25 heavy (non-hydrogen) atoms. The summed E-state index contributed by atoms with van der Waals surface area (Å²) in [6, 6.07) is 4.57. The number of aliphatic hydroxyl groups excluding tert-OH is 1. The predicted octanol–water partition coefficient (Wildman–Crippen LogP) is 2.55. The maximum atomic E-state index is 10.8. The topological polar surface area (TPSA) is 79.1 Å². The molecular weight excluding hydrogens is 346 g/mol. The van der Waals surface area contributed by atoms with Crippen LogP contribution in [0.4, 0.5) is 11.4 Å². The number of aliphatic hydroxyl groups is 1. The van der Waals surface area contributed by atoms with Gasteiger partial charge in [0.05, 0.1) is 28.3 Å². The van der Waals surface area contributed by atoms with Gasteiger partial charge in [-0.2, -0.15) is 0 Å². The van der Waals surface area contributed by atoms with Gasteiger partial charge in [-0.3, -0.25) is 15.0 Å². The molecule has 1 atom stereocenters. The molecule has 1 saturated heterocycles. The summed E-state index contributed by atoms with van der Waals surface area (Å²) < 4.78 is 5.45. The fourth-order valence-corrected chi connectivity index (χ4v) is 3.15. The van der Waals surface area contributed by atoms with E-state index in [1.54, 1.807) is 6.07 Å². The summed E-state index contributed by atoms with van der Waals surface area (Å²) in [4.78, 5) is 14.7. The maximum Gasteiger partial charge on any atom is 0.271 e. The van der Waals surface area contributed by atoms with E-state index in [1.165, 1.54) is 12.1 Å². The summed E-state index contributed by atoms with van der Waals surface area (Å²) in [6.45, 7) is 6.90. The fraction of sp³-hybridized carbons (Fsp3) is 0.647. The summed E-state index contributed by atoms with van der Waals surface area (Å²) in [7, 11) is 0. The number of nitrogens with zero attached hydrogens (tertiary/aromatic N) is 3. The Hall–Kier alpha value is -1.41. The molecular formula is C17H26ClN3O4. The molecule has 0 spiro atoms. The molecule has 0 radical (unpaired) electrons. The third kappa shape index (κ3) is 6.11. The van der Waals surface area contributed by atoms with Crippen LogP contribution < -0.4 is 4.90 Å². The molecule has 7 nitrogen and oxygen atoms in total. The number of hydrogen-bond acceptors (Lipinski definition) is 6. The zero-order chi connectivity index (χ0) is 18.2. The number of halogens is 1. The molecule has 0 unspecified atom stereocenters. The zero-order valence-electron chi connectivity index (χ0n) is 14.6. The van der Waals surface area contributed by atoms with E-state index in [1.807, 2.05) is 0 Å². The van der Waals surface area contributed by atoms with E-state index in [9.17, 15) is 15.2 Å². The summed E-state index contributed by atoms with van der Waals surface area (Å²) in [5, 5.41) is 21.2. The smallest absolute Gasteiger partial charge is 0.271 e. The number of nitro benzene ring substituents is 1. The Morgan fingerprint density at radius 2 is 2.08 bits per heavy atom. The van der Waals surface area contributed by atoms with Gasteiger partial charge in [0.1, 0.15) is 0 Å². The molecule has 2 rings (SSSR count). The molecule has 1 aromatic carbocycles. The first kappa shape index (κ1) is 19.9. The summed E-state index contributed by atoms with van der Waals surface area (Å²) in [5.41, 5.74) is 0.814. The van der Waals surface area contributed by atoms with Gasteiger partial charge in [0.15, 0.2) is 0 Å². The van der Waals surface area contributed by atoms with E-state index in [0.717, 1.165) is 44.7 Å². The van der Waals surface area contributed by atoms with Crippen molar-refractivity contribution in [3.05, 3.63) is 33.3 Å². The van der Waals surface area contributed by atoms with Gasteiger partial charge in [0.2, 0.25) is 0 Å². The predicted molar refractivity (Wildman–Crippen MR) is 98.5 cm³/mol. The van der Waals surface area contributed by atoms with E-state index in [2.05, 4.69) is 16.7 Å². The van der Waals surface area contributed by atoms with Crippen LogP contribution in [0, 0.1) is 10.1 Å². The lowest BCUT2D eigenvalue weighted by molar-refractivity contribution is -0.384. The number of nitro groups is 1. The van der Waals surface area contributed by atoms with Gasteiger partial charge in [-0.1, -0.05) is 24.9 Å². The van der Waals surface area contributed by atoms with Crippen LogP contribution in [0.3, 0.4) is 0 Å². The molecule has 1 fully saturated rings. The largest absolute Gasteiger partial charge is 0.389 e. The second kappa shape index (κ2) is 9.91. The lowest BCUT2D eigenvalue weighted by atomic mass is 10.2. The number of hydrogen-bond donors (Lipinski definition) is 1. The van der Waals surface area contributed by atoms with Gasteiger partial charge < -0.3 is 14.7 Å². The van der Waals surface area contributed by atoms with Crippen molar-refractivity contribution in [2.24, 2.45) is 0 Å². The number of anilines is 1. The molecule has 1 aromatic rings. The van der Waals surface area contributed by atoms with Crippen molar-refractivity contribution in [1.82, 2.24) is 4.90 Å². The summed E-state index contributed by atoms with van der Waals surface area (Å²) >= 11 is 6.19. The number of ether oxygens (including phenoxy) is 1. The zero-order valence-corrected chi connectivity index (χ0v) is 15.3. The van der Waals surface area contributed by atoms with Crippen molar-refractivity contribution in [3.63, 3.8) is 0 Å². The first-order valence-corrected chi connectivity index (χ1v) is 9.06. The quantitative estimate of drug-likeness (QED) is 0.408. The minimum Gasteiger partial charge on any atom is -0.389 e. The lowest BCUT2D eigenvalue weighted by Gasteiger charge is -2.37. The molecule has 1 N–H and O–H groups in total. The van der Waals surface area contributed by atoms with E-state index >= 15 is 0 Å². The number of piperazine rings is 1. The molecule has 0 saturated carbocycles. The SMILES string of the molecule is CCCCOC[C@H](O)CN1CCN(c2ccc([N+](=O)[O-])cc2Cl)CC1. The van der Waals surface area contributed by atoms with Crippen LogP contribution in [0.15, 0.2) is 18.2 Å². The first-order valence-electron chi connectivity index (χ1n) is 8.68.